The van der Waals surface area contributed by atoms with Crippen LogP contribution in [0.4, 0.5) is 0 Å². The molecule has 0 saturated carbocycles. The lowest BCUT2D eigenvalue weighted by Gasteiger charge is -2.18. The van der Waals surface area contributed by atoms with Crippen molar-refractivity contribution < 1.29 is 28.6 Å². The summed E-state index contributed by atoms with van der Waals surface area (Å²) in [6.07, 6.45) is 63.5. The van der Waals surface area contributed by atoms with Crippen LogP contribution in [-0.4, -0.2) is 37.2 Å². The number of hydrogen-bond acceptors (Lipinski definition) is 6. The highest BCUT2D eigenvalue weighted by molar-refractivity contribution is 5.72. The smallest absolute Gasteiger partial charge is 0.309 e. The maximum atomic E-state index is 12.8. The second kappa shape index (κ2) is 50.5. The summed E-state index contributed by atoms with van der Waals surface area (Å²) >= 11 is 0. The number of ether oxygens (including phenoxy) is 3. The fourth-order valence-electron chi connectivity index (χ4n) is 7.15. The van der Waals surface area contributed by atoms with Gasteiger partial charge in [0.05, 0.1) is 6.42 Å². The van der Waals surface area contributed by atoms with E-state index >= 15 is 0 Å². The monoisotopic (exact) mass is 865 g/mol. The molecule has 0 aromatic heterocycles. The Balaban J connectivity index is 4.39. The Bertz CT molecular complexity index is 1180. The number of allylic oxidation sites excluding steroid dienone is 11. The summed E-state index contributed by atoms with van der Waals surface area (Å²) in [6, 6.07) is 0. The van der Waals surface area contributed by atoms with Crippen LogP contribution >= 0.6 is 0 Å². The Morgan fingerprint density at radius 3 is 1.19 bits per heavy atom. The van der Waals surface area contributed by atoms with Crippen LogP contribution in [0.3, 0.4) is 0 Å². The molecule has 1 unspecified atom stereocenters. The lowest BCUT2D eigenvalue weighted by Crippen LogP contribution is -2.30. The first-order valence-electron chi connectivity index (χ1n) is 26.0. The zero-order chi connectivity index (χ0) is 45.1. The molecule has 0 aliphatic carbocycles. The van der Waals surface area contributed by atoms with Crippen molar-refractivity contribution in [2.24, 2.45) is 0 Å². The number of unbranched alkanes of at least 4 members (excludes halogenated alkanes) is 26. The normalized spacial score (nSPS) is 12.6. The van der Waals surface area contributed by atoms with E-state index < -0.39 is 12.1 Å². The predicted octanol–water partition coefficient (Wildman–Crippen LogP) is 17.0. The maximum Gasteiger partial charge on any atom is 0.309 e. The fraction of sp³-hybridized carbons (Fsp3) is 0.732. The SMILES string of the molecule is CC/C=C\C/C=C\C/C=C\CC(=O)OCC(COC(=O)CCCCCCC\C=C/C=C\C=C/CCCCCCC)OC(=O)CCCCCCCCCCCCCCCCCCC. The molecule has 0 aromatic rings. The summed E-state index contributed by atoms with van der Waals surface area (Å²) < 4.78 is 16.6. The Morgan fingerprint density at radius 1 is 0.371 bits per heavy atom. The zero-order valence-electron chi connectivity index (χ0n) is 40.6. The summed E-state index contributed by atoms with van der Waals surface area (Å²) in [7, 11) is 0. The third-order valence-corrected chi connectivity index (χ3v) is 11.0. The highest BCUT2D eigenvalue weighted by Crippen LogP contribution is 2.15. The molecule has 356 valence electrons. The van der Waals surface area contributed by atoms with E-state index in [1.165, 1.54) is 122 Å². The zero-order valence-corrected chi connectivity index (χ0v) is 40.6. The molecule has 0 aliphatic rings. The first-order valence-corrected chi connectivity index (χ1v) is 26.0. The van der Waals surface area contributed by atoms with E-state index in [0.29, 0.717) is 12.8 Å². The number of rotatable bonds is 46. The molecule has 6 nitrogen and oxygen atoms in total. The van der Waals surface area contributed by atoms with Gasteiger partial charge in [-0.05, 0) is 57.8 Å². The molecule has 0 amide bonds. The average molecular weight is 865 g/mol. The van der Waals surface area contributed by atoms with Crippen molar-refractivity contribution in [3.63, 3.8) is 0 Å². The molecule has 0 spiro atoms. The van der Waals surface area contributed by atoms with Crippen LogP contribution in [0.2, 0.25) is 0 Å². The molecule has 0 aromatic carbocycles. The van der Waals surface area contributed by atoms with Gasteiger partial charge in [0.25, 0.3) is 0 Å². The predicted molar refractivity (Wildman–Crippen MR) is 265 cm³/mol. The molecule has 0 N–H and O–H groups in total. The average Bonchev–Trinajstić information content (AvgIpc) is 3.27. The van der Waals surface area contributed by atoms with Crippen molar-refractivity contribution in [1.29, 1.82) is 0 Å². The van der Waals surface area contributed by atoms with Crippen LogP contribution in [-0.2, 0) is 28.6 Å². The van der Waals surface area contributed by atoms with E-state index in [1.807, 2.05) is 6.08 Å². The summed E-state index contributed by atoms with van der Waals surface area (Å²) in [5.41, 5.74) is 0. The topological polar surface area (TPSA) is 78.9 Å². The quantitative estimate of drug-likeness (QED) is 0.0199. The Kier molecular flexibility index (Phi) is 47.9. The first-order chi connectivity index (χ1) is 30.5. The first kappa shape index (κ1) is 58.9. The fourth-order valence-corrected chi connectivity index (χ4v) is 7.15. The lowest BCUT2D eigenvalue weighted by atomic mass is 10.0. The molecule has 0 heterocycles. The summed E-state index contributed by atoms with van der Waals surface area (Å²) in [5, 5.41) is 0. The van der Waals surface area contributed by atoms with Gasteiger partial charge in [0.1, 0.15) is 13.2 Å². The van der Waals surface area contributed by atoms with Gasteiger partial charge < -0.3 is 14.2 Å². The van der Waals surface area contributed by atoms with Crippen LogP contribution in [0.1, 0.15) is 245 Å². The van der Waals surface area contributed by atoms with Crippen LogP contribution in [0.15, 0.2) is 72.9 Å². The standard InChI is InChI=1S/C56H96O6/c1-4-7-10-13-16-19-21-23-25-27-29-30-32-34-37-40-43-46-49-55(58)61-52-53(51-60-54(57)48-45-42-39-36-18-15-12-9-6-3)62-56(59)50-47-44-41-38-35-33-31-28-26-24-22-20-17-14-11-8-5-2/h9,12,18,21,23,25,27,29-30,36,42,45,53H,4-8,10-11,13-17,19-20,22,24,26,28,31-35,37-41,43-44,46-52H2,1-3H3/b12-9-,23-21-,27-25-,30-29-,36-18-,45-42-. The lowest BCUT2D eigenvalue weighted by molar-refractivity contribution is -0.166. The van der Waals surface area contributed by atoms with E-state index in [-0.39, 0.29) is 31.6 Å². The van der Waals surface area contributed by atoms with Gasteiger partial charge in [-0.1, -0.05) is 241 Å². The molecule has 0 saturated heterocycles. The largest absolute Gasteiger partial charge is 0.462 e. The van der Waals surface area contributed by atoms with E-state index in [2.05, 4.69) is 81.5 Å². The molecule has 0 rings (SSSR count). The minimum atomic E-state index is -0.816. The Labute approximate surface area is 382 Å². The van der Waals surface area contributed by atoms with Gasteiger partial charge >= 0.3 is 17.9 Å². The molecule has 0 bridgehead atoms. The van der Waals surface area contributed by atoms with Crippen LogP contribution < -0.4 is 0 Å². The van der Waals surface area contributed by atoms with Crippen molar-refractivity contribution >= 4 is 17.9 Å². The van der Waals surface area contributed by atoms with Crippen molar-refractivity contribution in [3.8, 4) is 0 Å². The van der Waals surface area contributed by atoms with Gasteiger partial charge in [0.2, 0.25) is 0 Å². The Hall–Kier alpha value is -3.15. The van der Waals surface area contributed by atoms with E-state index in [0.717, 1.165) is 83.5 Å². The molecule has 1 atom stereocenters. The maximum absolute atomic E-state index is 12.8. The molecular formula is C56H96O6. The van der Waals surface area contributed by atoms with Gasteiger partial charge in [-0.2, -0.15) is 0 Å². The third kappa shape index (κ3) is 47.9. The molecule has 6 heteroatoms. The number of esters is 3. The van der Waals surface area contributed by atoms with Crippen molar-refractivity contribution in [3.05, 3.63) is 72.9 Å². The number of carbonyl (C=O) groups is 3. The molecule has 0 radical (unpaired) electrons. The molecule has 0 aliphatic heterocycles. The highest BCUT2D eigenvalue weighted by Gasteiger charge is 2.19. The Morgan fingerprint density at radius 2 is 0.742 bits per heavy atom. The van der Waals surface area contributed by atoms with Crippen molar-refractivity contribution in [1.82, 2.24) is 0 Å². The van der Waals surface area contributed by atoms with Gasteiger partial charge in [0, 0.05) is 12.8 Å². The van der Waals surface area contributed by atoms with Crippen LogP contribution in [0, 0.1) is 0 Å². The molecular weight excluding hydrogens is 769 g/mol. The van der Waals surface area contributed by atoms with Gasteiger partial charge in [-0.15, -0.1) is 0 Å². The third-order valence-electron chi connectivity index (χ3n) is 11.0. The summed E-state index contributed by atoms with van der Waals surface area (Å²) in [4.78, 5) is 37.8. The van der Waals surface area contributed by atoms with Crippen molar-refractivity contribution in [2.45, 2.75) is 252 Å². The van der Waals surface area contributed by atoms with Gasteiger partial charge in [-0.3, -0.25) is 14.4 Å². The van der Waals surface area contributed by atoms with Crippen molar-refractivity contribution in [2.75, 3.05) is 13.2 Å². The number of carbonyl (C=O) groups excluding carboxylic acids is 3. The van der Waals surface area contributed by atoms with Crippen LogP contribution in [0.5, 0.6) is 0 Å². The van der Waals surface area contributed by atoms with Gasteiger partial charge in [0.15, 0.2) is 6.10 Å². The molecule has 0 fully saturated rings. The minimum absolute atomic E-state index is 0.111. The minimum Gasteiger partial charge on any atom is -0.462 e. The summed E-state index contributed by atoms with van der Waals surface area (Å²) in [5.74, 6) is -1.05. The van der Waals surface area contributed by atoms with E-state index in [1.54, 1.807) is 6.08 Å². The van der Waals surface area contributed by atoms with Crippen LogP contribution in [0.25, 0.3) is 0 Å². The van der Waals surface area contributed by atoms with E-state index in [9.17, 15) is 14.4 Å². The summed E-state index contributed by atoms with van der Waals surface area (Å²) in [6.45, 7) is 6.40. The second-order valence-corrected chi connectivity index (χ2v) is 17.1. The second-order valence-electron chi connectivity index (χ2n) is 17.1. The number of hydrogen-bond donors (Lipinski definition) is 0. The van der Waals surface area contributed by atoms with E-state index in [4.69, 9.17) is 14.2 Å². The molecule has 62 heavy (non-hydrogen) atoms. The van der Waals surface area contributed by atoms with Gasteiger partial charge in [-0.25, -0.2) is 0 Å². The highest BCUT2D eigenvalue weighted by atomic mass is 16.6.